The van der Waals surface area contributed by atoms with Gasteiger partial charge in [-0.3, -0.25) is 0 Å². The Morgan fingerprint density at radius 1 is 1.26 bits per heavy atom. The number of hydrogen-bond acceptors (Lipinski definition) is 6. The van der Waals surface area contributed by atoms with Crippen LogP contribution < -0.4 is 0 Å². The molecule has 0 saturated heterocycles. The number of aromatic nitrogens is 2. The zero-order valence-corrected chi connectivity index (χ0v) is 10.8. The van der Waals surface area contributed by atoms with E-state index in [1.807, 2.05) is 0 Å². The lowest BCUT2D eigenvalue weighted by Gasteiger charge is -1.96. The van der Waals surface area contributed by atoms with Crippen molar-refractivity contribution in [3.05, 3.63) is 35.7 Å². The lowest BCUT2D eigenvalue weighted by Crippen LogP contribution is -1.94. The number of aromatic carboxylic acids is 1. The highest BCUT2D eigenvalue weighted by atomic mass is 32.2. The second-order valence-electron chi connectivity index (χ2n) is 3.66. The summed E-state index contributed by atoms with van der Waals surface area (Å²) in [7, 11) is 0. The fourth-order valence-corrected chi connectivity index (χ4v) is 1.97. The van der Waals surface area contributed by atoms with E-state index in [9.17, 15) is 4.79 Å². The second-order valence-corrected chi connectivity index (χ2v) is 4.76. The van der Waals surface area contributed by atoms with Crippen LogP contribution in [-0.2, 0) is 5.75 Å². The van der Waals surface area contributed by atoms with Crippen LogP contribution in [-0.4, -0.2) is 38.7 Å². The van der Waals surface area contributed by atoms with Gasteiger partial charge >= 0.3 is 5.97 Å². The van der Waals surface area contributed by atoms with E-state index < -0.39 is 5.97 Å². The van der Waals surface area contributed by atoms with Crippen LogP contribution in [0.3, 0.4) is 0 Å². The van der Waals surface area contributed by atoms with Gasteiger partial charge in [0.2, 0.25) is 11.8 Å². The van der Waals surface area contributed by atoms with Crippen molar-refractivity contribution in [3.8, 4) is 11.5 Å². The van der Waals surface area contributed by atoms with E-state index in [2.05, 4.69) is 10.2 Å². The van der Waals surface area contributed by atoms with Gasteiger partial charge in [0.05, 0.1) is 17.9 Å². The van der Waals surface area contributed by atoms with Crippen molar-refractivity contribution in [1.29, 1.82) is 0 Å². The highest BCUT2D eigenvalue weighted by Crippen LogP contribution is 2.20. The molecule has 2 rings (SSSR count). The third-order valence-corrected chi connectivity index (χ3v) is 3.23. The molecule has 0 aliphatic rings. The first-order valence-corrected chi connectivity index (χ1v) is 6.71. The Hall–Kier alpha value is -1.86. The monoisotopic (exact) mass is 280 g/mol. The van der Waals surface area contributed by atoms with Crippen molar-refractivity contribution >= 4 is 17.7 Å². The number of carboxylic acid groups (broad SMARTS) is 1. The van der Waals surface area contributed by atoms with E-state index in [0.29, 0.717) is 28.9 Å². The van der Waals surface area contributed by atoms with Gasteiger partial charge in [-0.25, -0.2) is 4.79 Å². The summed E-state index contributed by atoms with van der Waals surface area (Å²) in [6.45, 7) is 0.113. The topological polar surface area (TPSA) is 96.5 Å². The van der Waals surface area contributed by atoms with Crippen LogP contribution >= 0.6 is 11.8 Å². The van der Waals surface area contributed by atoms with Crippen LogP contribution in [0.25, 0.3) is 11.5 Å². The van der Waals surface area contributed by atoms with Gasteiger partial charge in [0.25, 0.3) is 0 Å². The van der Waals surface area contributed by atoms with Crippen LogP contribution in [0.5, 0.6) is 0 Å². The summed E-state index contributed by atoms with van der Waals surface area (Å²) < 4.78 is 5.44. The van der Waals surface area contributed by atoms with Crippen LogP contribution in [0.4, 0.5) is 0 Å². The van der Waals surface area contributed by atoms with Gasteiger partial charge in [0.15, 0.2) is 0 Å². The van der Waals surface area contributed by atoms with E-state index in [1.54, 1.807) is 12.1 Å². The van der Waals surface area contributed by atoms with Crippen LogP contribution in [0.2, 0.25) is 0 Å². The molecule has 2 aromatic rings. The molecule has 0 aliphatic heterocycles. The first-order chi connectivity index (χ1) is 9.20. The van der Waals surface area contributed by atoms with Crippen LogP contribution in [0.1, 0.15) is 16.2 Å². The number of nitrogens with zero attached hydrogens (tertiary/aromatic N) is 2. The molecule has 0 amide bonds. The molecule has 0 unspecified atom stereocenters. The number of aliphatic hydroxyl groups is 1. The number of rotatable bonds is 6. The highest BCUT2D eigenvalue weighted by molar-refractivity contribution is 7.98. The first kappa shape index (κ1) is 13.6. The predicted octanol–water partition coefficient (Wildman–Crippen LogP) is 1.66. The SMILES string of the molecule is O=C(O)c1ccc(-c2nnc(CSCCO)o2)cc1. The molecule has 1 aromatic heterocycles. The van der Waals surface area contributed by atoms with Crippen molar-refractivity contribution < 1.29 is 19.4 Å². The van der Waals surface area contributed by atoms with Crippen LogP contribution in [0, 0.1) is 0 Å². The Morgan fingerprint density at radius 2 is 2.00 bits per heavy atom. The second kappa shape index (κ2) is 6.35. The number of aliphatic hydroxyl groups excluding tert-OH is 1. The molecule has 0 saturated carbocycles. The average Bonchev–Trinajstić information content (AvgIpc) is 2.88. The Labute approximate surface area is 113 Å². The largest absolute Gasteiger partial charge is 0.478 e. The summed E-state index contributed by atoms with van der Waals surface area (Å²) in [5.74, 6) is 1.02. The molecule has 0 radical (unpaired) electrons. The molecular weight excluding hydrogens is 268 g/mol. The van der Waals surface area contributed by atoms with E-state index >= 15 is 0 Å². The average molecular weight is 280 g/mol. The minimum Gasteiger partial charge on any atom is -0.478 e. The molecule has 100 valence electrons. The quantitative estimate of drug-likeness (QED) is 0.777. The third kappa shape index (κ3) is 3.55. The van der Waals surface area contributed by atoms with Crippen molar-refractivity contribution in [2.45, 2.75) is 5.75 Å². The zero-order chi connectivity index (χ0) is 13.7. The van der Waals surface area contributed by atoms with Crippen LogP contribution in [0.15, 0.2) is 28.7 Å². The summed E-state index contributed by atoms with van der Waals surface area (Å²) in [5, 5.41) is 25.2. The minimum absolute atomic E-state index is 0.113. The molecule has 6 nitrogen and oxygen atoms in total. The molecule has 0 spiro atoms. The maximum atomic E-state index is 10.7. The molecule has 1 heterocycles. The normalized spacial score (nSPS) is 10.6. The smallest absolute Gasteiger partial charge is 0.335 e. The van der Waals surface area contributed by atoms with Gasteiger partial charge in [0.1, 0.15) is 0 Å². The Balaban J connectivity index is 2.07. The molecule has 2 N–H and O–H groups in total. The number of carboxylic acids is 1. The fraction of sp³-hybridized carbons (Fsp3) is 0.250. The van der Waals surface area contributed by atoms with E-state index in [-0.39, 0.29) is 12.2 Å². The lowest BCUT2D eigenvalue weighted by atomic mass is 10.1. The first-order valence-electron chi connectivity index (χ1n) is 5.55. The highest BCUT2D eigenvalue weighted by Gasteiger charge is 2.09. The van der Waals surface area contributed by atoms with Gasteiger partial charge < -0.3 is 14.6 Å². The van der Waals surface area contributed by atoms with Crippen molar-refractivity contribution in [3.63, 3.8) is 0 Å². The van der Waals surface area contributed by atoms with E-state index in [1.165, 1.54) is 23.9 Å². The predicted molar refractivity (Wildman–Crippen MR) is 69.9 cm³/mol. The Kier molecular flexibility index (Phi) is 4.53. The van der Waals surface area contributed by atoms with Gasteiger partial charge in [-0.05, 0) is 24.3 Å². The van der Waals surface area contributed by atoms with Crippen molar-refractivity contribution in [2.24, 2.45) is 0 Å². The summed E-state index contributed by atoms with van der Waals surface area (Å²) >= 11 is 1.50. The summed E-state index contributed by atoms with van der Waals surface area (Å²) in [6.07, 6.45) is 0. The molecule has 19 heavy (non-hydrogen) atoms. The number of hydrogen-bond donors (Lipinski definition) is 2. The number of carbonyl (C=O) groups is 1. The standard InChI is InChI=1S/C12H12N2O4S/c15-5-6-19-7-10-13-14-11(18-10)8-1-3-9(4-2-8)12(16)17/h1-4,15H,5-7H2,(H,16,17). The summed E-state index contributed by atoms with van der Waals surface area (Å²) in [5.41, 5.74) is 0.887. The molecule has 0 aliphatic carbocycles. The Morgan fingerprint density at radius 3 is 2.63 bits per heavy atom. The van der Waals surface area contributed by atoms with Gasteiger partial charge in [-0.2, -0.15) is 0 Å². The molecule has 0 atom stereocenters. The summed E-state index contributed by atoms with van der Waals surface area (Å²) in [6, 6.07) is 6.23. The Bertz CT molecular complexity index is 553. The molecular formula is C12H12N2O4S. The number of thioether (sulfide) groups is 1. The maximum Gasteiger partial charge on any atom is 0.335 e. The maximum absolute atomic E-state index is 10.7. The minimum atomic E-state index is -0.974. The van der Waals surface area contributed by atoms with Gasteiger partial charge in [-0.15, -0.1) is 22.0 Å². The molecule has 0 fully saturated rings. The van der Waals surface area contributed by atoms with Crippen molar-refractivity contribution in [1.82, 2.24) is 10.2 Å². The lowest BCUT2D eigenvalue weighted by molar-refractivity contribution is 0.0697. The fourth-order valence-electron chi connectivity index (χ4n) is 1.41. The van der Waals surface area contributed by atoms with Crippen molar-refractivity contribution in [2.75, 3.05) is 12.4 Å². The van der Waals surface area contributed by atoms with E-state index in [4.69, 9.17) is 14.6 Å². The van der Waals surface area contributed by atoms with Gasteiger partial charge in [-0.1, -0.05) is 0 Å². The van der Waals surface area contributed by atoms with E-state index in [0.717, 1.165) is 0 Å². The van der Waals surface area contributed by atoms with Gasteiger partial charge in [0, 0.05) is 11.3 Å². The number of benzene rings is 1. The molecule has 1 aromatic carbocycles. The zero-order valence-electron chi connectivity index (χ0n) is 9.94. The third-order valence-electron chi connectivity index (χ3n) is 2.31. The molecule has 0 bridgehead atoms. The summed E-state index contributed by atoms with van der Waals surface area (Å²) in [4.78, 5) is 10.7. The molecule has 7 heteroatoms.